The van der Waals surface area contributed by atoms with Gasteiger partial charge in [0.2, 0.25) is 0 Å². The average Bonchev–Trinajstić information content (AvgIpc) is 2.43. The lowest BCUT2D eigenvalue weighted by atomic mass is 10.2. The third-order valence-electron chi connectivity index (χ3n) is 2.65. The van der Waals surface area contributed by atoms with Gasteiger partial charge in [0.25, 0.3) is 0 Å². The van der Waals surface area contributed by atoms with E-state index in [1.165, 1.54) is 7.11 Å². The van der Waals surface area contributed by atoms with Gasteiger partial charge in [-0.1, -0.05) is 18.7 Å². The Bertz CT molecular complexity index is 584. The van der Waals surface area contributed by atoms with E-state index in [1.54, 1.807) is 20.8 Å². The molecule has 0 fully saturated rings. The minimum Gasteiger partial charge on any atom is -0.468 e. The number of aromatic nitrogens is 2. The first kappa shape index (κ1) is 17.2. The van der Waals surface area contributed by atoms with Gasteiger partial charge < -0.3 is 14.5 Å². The van der Waals surface area contributed by atoms with Crippen molar-refractivity contribution < 1.29 is 19.1 Å². The molecule has 1 aromatic rings. The molecule has 0 spiro atoms. The van der Waals surface area contributed by atoms with Gasteiger partial charge in [-0.3, -0.25) is 4.79 Å². The van der Waals surface area contributed by atoms with Crippen LogP contribution in [-0.4, -0.2) is 40.9 Å². The second-order valence-electron chi connectivity index (χ2n) is 4.11. The van der Waals surface area contributed by atoms with Crippen LogP contribution < -0.4 is 5.69 Å². The van der Waals surface area contributed by atoms with Crippen LogP contribution in [0, 0.1) is 6.92 Å². The van der Waals surface area contributed by atoms with Crippen LogP contribution in [-0.2, 0) is 14.3 Å². The summed E-state index contributed by atoms with van der Waals surface area (Å²) < 4.78 is 9.65. The van der Waals surface area contributed by atoms with Crippen molar-refractivity contribution in [1.82, 2.24) is 9.97 Å². The zero-order chi connectivity index (χ0) is 16.0. The molecule has 7 nitrogen and oxygen atoms in total. The Morgan fingerprint density at radius 1 is 1.38 bits per heavy atom. The van der Waals surface area contributed by atoms with Crippen molar-refractivity contribution in [3.8, 4) is 0 Å². The van der Waals surface area contributed by atoms with E-state index in [0.717, 1.165) is 11.8 Å². The number of methoxy groups -OCH3 is 1. The van der Waals surface area contributed by atoms with Crippen LogP contribution in [0.5, 0.6) is 0 Å². The lowest BCUT2D eigenvalue weighted by Crippen LogP contribution is -2.23. The van der Waals surface area contributed by atoms with Gasteiger partial charge in [0, 0.05) is 5.69 Å². The molecule has 1 atom stereocenters. The number of nitrogens with zero attached hydrogens (tertiary/aromatic N) is 1. The monoisotopic (exact) mass is 314 g/mol. The fourth-order valence-electron chi connectivity index (χ4n) is 1.65. The molecule has 1 heterocycles. The maximum atomic E-state index is 12.0. The normalized spacial score (nSPS) is 11.8. The van der Waals surface area contributed by atoms with E-state index in [0.29, 0.717) is 12.1 Å². The number of carbonyl (C=O) groups excluding carboxylic acids is 2. The highest BCUT2D eigenvalue weighted by molar-refractivity contribution is 8.00. The van der Waals surface area contributed by atoms with Gasteiger partial charge >= 0.3 is 17.6 Å². The molecule has 0 saturated heterocycles. The van der Waals surface area contributed by atoms with E-state index in [2.05, 4.69) is 9.97 Å². The first-order valence-corrected chi connectivity index (χ1v) is 7.35. The zero-order valence-corrected chi connectivity index (χ0v) is 13.2. The zero-order valence-electron chi connectivity index (χ0n) is 12.4. The summed E-state index contributed by atoms with van der Waals surface area (Å²) in [5, 5.41) is -0.371. The highest BCUT2D eigenvalue weighted by Crippen LogP contribution is 2.28. The second kappa shape index (κ2) is 7.82. The Hall–Kier alpha value is -1.83. The predicted molar refractivity (Wildman–Crippen MR) is 77.5 cm³/mol. The Labute approximate surface area is 126 Å². The molecule has 1 rings (SSSR count). The molecule has 1 aromatic heterocycles. The summed E-state index contributed by atoms with van der Waals surface area (Å²) in [6.45, 7) is 5.27. The van der Waals surface area contributed by atoms with Gasteiger partial charge in [0.15, 0.2) is 0 Å². The fraction of sp³-hybridized carbons (Fsp3) is 0.538. The molecule has 0 aliphatic heterocycles. The highest BCUT2D eigenvalue weighted by atomic mass is 32.2. The number of hydrogen-bond donors (Lipinski definition) is 1. The van der Waals surface area contributed by atoms with Crippen molar-refractivity contribution >= 4 is 23.7 Å². The summed E-state index contributed by atoms with van der Waals surface area (Å²) >= 11 is 1.02. The summed E-state index contributed by atoms with van der Waals surface area (Å²) in [6, 6.07) is 0. The molecule has 0 aliphatic carbocycles. The molecular formula is C13H18N2O5S. The molecule has 0 amide bonds. The second-order valence-corrected chi connectivity index (χ2v) is 5.30. The number of ether oxygens (including phenoxy) is 2. The van der Waals surface area contributed by atoms with E-state index in [4.69, 9.17) is 9.47 Å². The summed E-state index contributed by atoms with van der Waals surface area (Å²) in [5.41, 5.74) is -0.0535. The Balaban J connectivity index is 3.23. The SMILES string of the molecule is CCOC(=O)c1c(S[C@@H](CC)C(=O)OC)nc(=O)[nH]c1C. The third-order valence-corrected chi connectivity index (χ3v) is 3.98. The van der Waals surface area contributed by atoms with Crippen molar-refractivity contribution in [2.45, 2.75) is 37.5 Å². The molecule has 0 aromatic carbocycles. The van der Waals surface area contributed by atoms with Crippen molar-refractivity contribution in [2.75, 3.05) is 13.7 Å². The lowest BCUT2D eigenvalue weighted by Gasteiger charge is -2.14. The minimum atomic E-state index is -0.582. The smallest absolute Gasteiger partial charge is 0.346 e. The molecule has 1 N–H and O–H groups in total. The number of H-pyrrole nitrogens is 1. The van der Waals surface area contributed by atoms with Crippen molar-refractivity contribution in [1.29, 1.82) is 0 Å². The number of aromatic amines is 1. The lowest BCUT2D eigenvalue weighted by molar-refractivity contribution is -0.140. The minimum absolute atomic E-state index is 0.170. The van der Waals surface area contributed by atoms with Crippen LogP contribution in [0.3, 0.4) is 0 Å². The van der Waals surface area contributed by atoms with Gasteiger partial charge in [-0.05, 0) is 20.3 Å². The Kier molecular flexibility index (Phi) is 6.41. The molecule has 0 radical (unpaired) electrons. The standard InChI is InChI=1S/C13H18N2O5S/c1-5-8(11(16)19-4)21-10-9(12(17)20-6-2)7(3)14-13(18)15-10/h8H,5-6H2,1-4H3,(H,14,15,18)/t8-/m0/s1. The van der Waals surface area contributed by atoms with Crippen molar-refractivity contribution in [3.05, 3.63) is 21.7 Å². The van der Waals surface area contributed by atoms with Crippen LogP contribution >= 0.6 is 11.8 Å². The Morgan fingerprint density at radius 2 is 2.05 bits per heavy atom. The number of thioether (sulfide) groups is 1. The molecule has 0 bridgehead atoms. The number of rotatable bonds is 6. The van der Waals surface area contributed by atoms with E-state index in [9.17, 15) is 14.4 Å². The van der Waals surface area contributed by atoms with Crippen molar-refractivity contribution in [2.24, 2.45) is 0 Å². The van der Waals surface area contributed by atoms with Crippen LogP contribution in [0.1, 0.15) is 36.3 Å². The highest BCUT2D eigenvalue weighted by Gasteiger charge is 2.25. The van der Waals surface area contributed by atoms with Gasteiger partial charge in [-0.15, -0.1) is 0 Å². The molecule has 0 saturated carbocycles. The van der Waals surface area contributed by atoms with Crippen LogP contribution in [0.4, 0.5) is 0 Å². The summed E-state index contributed by atoms with van der Waals surface area (Å²) in [4.78, 5) is 41.4. The Morgan fingerprint density at radius 3 is 2.57 bits per heavy atom. The van der Waals surface area contributed by atoms with Gasteiger partial charge in [-0.25, -0.2) is 9.59 Å². The molecule has 0 aliphatic rings. The van der Waals surface area contributed by atoms with Crippen molar-refractivity contribution in [3.63, 3.8) is 0 Å². The quantitative estimate of drug-likeness (QED) is 0.480. The number of aryl methyl sites for hydroxylation is 1. The maximum Gasteiger partial charge on any atom is 0.346 e. The summed E-state index contributed by atoms with van der Waals surface area (Å²) in [7, 11) is 1.29. The number of carbonyl (C=O) groups is 2. The first-order chi connectivity index (χ1) is 9.94. The number of esters is 2. The first-order valence-electron chi connectivity index (χ1n) is 6.47. The summed E-state index contributed by atoms with van der Waals surface area (Å²) in [6.07, 6.45) is 0.479. The van der Waals surface area contributed by atoms with Crippen LogP contribution in [0.25, 0.3) is 0 Å². The van der Waals surface area contributed by atoms with Crippen LogP contribution in [0.2, 0.25) is 0 Å². The topological polar surface area (TPSA) is 98.3 Å². The fourth-order valence-corrected chi connectivity index (χ4v) is 2.77. The van der Waals surface area contributed by atoms with Gasteiger partial charge in [0.05, 0.1) is 13.7 Å². The maximum absolute atomic E-state index is 12.0. The summed E-state index contributed by atoms with van der Waals surface area (Å²) in [5.74, 6) is -1.02. The number of hydrogen-bond acceptors (Lipinski definition) is 7. The molecule has 0 unspecified atom stereocenters. The molecule has 8 heteroatoms. The van der Waals surface area contributed by atoms with E-state index >= 15 is 0 Å². The largest absolute Gasteiger partial charge is 0.468 e. The van der Waals surface area contributed by atoms with Crippen LogP contribution in [0.15, 0.2) is 9.82 Å². The van der Waals surface area contributed by atoms with E-state index < -0.39 is 22.9 Å². The molecular weight excluding hydrogens is 296 g/mol. The van der Waals surface area contributed by atoms with E-state index in [-0.39, 0.29) is 17.2 Å². The van der Waals surface area contributed by atoms with E-state index in [1.807, 2.05) is 0 Å². The average molecular weight is 314 g/mol. The van der Waals surface area contributed by atoms with Gasteiger partial charge in [0.1, 0.15) is 15.8 Å². The van der Waals surface area contributed by atoms with Gasteiger partial charge in [-0.2, -0.15) is 4.98 Å². The predicted octanol–water partition coefficient (Wildman–Crippen LogP) is 1.30. The third kappa shape index (κ3) is 4.32. The molecule has 21 heavy (non-hydrogen) atoms. The number of nitrogens with one attached hydrogen (secondary N) is 1. The molecule has 116 valence electrons.